The molecule has 0 unspecified atom stereocenters. The van der Waals surface area contributed by atoms with Crippen LogP contribution in [-0.2, 0) is 13.6 Å². The van der Waals surface area contributed by atoms with Gasteiger partial charge >= 0.3 is 5.69 Å². The number of aliphatic hydroxyl groups excluding tert-OH is 1. The van der Waals surface area contributed by atoms with Crippen LogP contribution in [0.2, 0.25) is 0 Å². The lowest BCUT2D eigenvalue weighted by molar-refractivity contribution is 0.278. The Morgan fingerprint density at radius 1 is 1.21 bits per heavy atom. The first-order valence-electron chi connectivity index (χ1n) is 7.48. The minimum atomic E-state index is -0.509. The van der Waals surface area contributed by atoms with Crippen LogP contribution in [0.4, 0.5) is 0 Å². The van der Waals surface area contributed by atoms with E-state index in [0.717, 1.165) is 11.3 Å². The highest BCUT2D eigenvalue weighted by molar-refractivity contribution is 5.77. The van der Waals surface area contributed by atoms with Gasteiger partial charge < -0.3 is 9.67 Å². The first-order chi connectivity index (χ1) is 11.6. The number of benzene rings is 1. The molecule has 0 aliphatic rings. The molecule has 8 nitrogen and oxygen atoms in total. The molecule has 0 aliphatic heterocycles. The average Bonchev–Trinajstić information content (AvgIpc) is 3.11. The van der Waals surface area contributed by atoms with Crippen molar-refractivity contribution in [3.63, 3.8) is 0 Å². The van der Waals surface area contributed by atoms with E-state index < -0.39 is 11.2 Å². The molecule has 0 amide bonds. The maximum atomic E-state index is 12.3. The standard InChI is InChI=1S/C16H15N5O3/c1-19-13-12(14(23)18-16(19)24)21-9-11(10-5-3-2-4-6-10)20(7-8-22)15(21)17-13/h2-6,9,22H,7-8H2,1H3,(H,18,23,24). The summed E-state index contributed by atoms with van der Waals surface area (Å²) in [4.78, 5) is 30.8. The number of rotatable bonds is 3. The Morgan fingerprint density at radius 3 is 2.67 bits per heavy atom. The largest absolute Gasteiger partial charge is 0.395 e. The number of hydrogen-bond acceptors (Lipinski definition) is 4. The molecule has 0 radical (unpaired) electrons. The Kier molecular flexibility index (Phi) is 3.14. The molecule has 8 heteroatoms. The second-order valence-corrected chi connectivity index (χ2v) is 5.53. The predicted molar refractivity (Wildman–Crippen MR) is 89.1 cm³/mol. The van der Waals surface area contributed by atoms with Crippen LogP contribution in [-0.4, -0.2) is 35.2 Å². The summed E-state index contributed by atoms with van der Waals surface area (Å²) in [5, 5.41) is 9.42. The molecule has 0 fully saturated rings. The Balaban J connectivity index is 2.14. The van der Waals surface area contributed by atoms with E-state index in [2.05, 4.69) is 9.97 Å². The molecular weight excluding hydrogens is 310 g/mol. The van der Waals surface area contributed by atoms with Crippen molar-refractivity contribution < 1.29 is 5.11 Å². The van der Waals surface area contributed by atoms with Crippen LogP contribution < -0.4 is 11.2 Å². The first kappa shape index (κ1) is 14.5. The lowest BCUT2D eigenvalue weighted by Gasteiger charge is -2.06. The van der Waals surface area contributed by atoms with Gasteiger partial charge in [0.25, 0.3) is 5.56 Å². The Morgan fingerprint density at radius 2 is 1.96 bits per heavy atom. The minimum absolute atomic E-state index is 0.0668. The third kappa shape index (κ3) is 1.93. The number of H-pyrrole nitrogens is 1. The number of fused-ring (bicyclic) bond motifs is 3. The SMILES string of the molecule is Cn1c(=O)[nH]c(=O)c2c1nc1n(CCO)c(-c3ccccc3)cn21. The molecule has 3 heterocycles. The predicted octanol–water partition coefficient (Wildman–Crippen LogP) is 0.335. The van der Waals surface area contributed by atoms with Crippen molar-refractivity contribution in [2.75, 3.05) is 6.61 Å². The number of nitrogens with zero attached hydrogens (tertiary/aromatic N) is 4. The third-order valence-corrected chi connectivity index (χ3v) is 4.11. The quantitative estimate of drug-likeness (QED) is 0.567. The van der Waals surface area contributed by atoms with Gasteiger partial charge in [0, 0.05) is 19.8 Å². The molecule has 0 bridgehead atoms. The number of aliphatic hydroxyl groups is 1. The van der Waals surface area contributed by atoms with E-state index in [-0.39, 0.29) is 6.61 Å². The van der Waals surface area contributed by atoms with Crippen LogP contribution in [0.1, 0.15) is 0 Å². The summed E-state index contributed by atoms with van der Waals surface area (Å²) in [5.74, 6) is 0.504. The highest BCUT2D eigenvalue weighted by atomic mass is 16.3. The summed E-state index contributed by atoms with van der Waals surface area (Å²) in [6, 6.07) is 9.66. The van der Waals surface area contributed by atoms with Gasteiger partial charge in [-0.2, -0.15) is 4.98 Å². The molecular formula is C16H15N5O3. The van der Waals surface area contributed by atoms with Crippen LogP contribution in [0.3, 0.4) is 0 Å². The fourth-order valence-electron chi connectivity index (χ4n) is 2.96. The lowest BCUT2D eigenvalue weighted by atomic mass is 10.2. The topological polar surface area (TPSA) is 97.3 Å². The zero-order chi connectivity index (χ0) is 16.8. The Hall–Kier alpha value is -3.13. The molecule has 24 heavy (non-hydrogen) atoms. The van der Waals surface area contributed by atoms with Crippen LogP contribution in [0.5, 0.6) is 0 Å². The summed E-state index contributed by atoms with van der Waals surface area (Å²) >= 11 is 0. The lowest BCUT2D eigenvalue weighted by Crippen LogP contribution is -2.28. The summed E-state index contributed by atoms with van der Waals surface area (Å²) in [6.07, 6.45) is 1.80. The van der Waals surface area contributed by atoms with Crippen molar-refractivity contribution in [1.82, 2.24) is 23.5 Å². The third-order valence-electron chi connectivity index (χ3n) is 4.11. The number of aromatic nitrogens is 5. The summed E-state index contributed by atoms with van der Waals surface area (Å²) in [7, 11) is 1.56. The van der Waals surface area contributed by atoms with E-state index in [4.69, 9.17) is 0 Å². The minimum Gasteiger partial charge on any atom is -0.395 e. The number of aryl methyl sites for hydroxylation is 1. The first-order valence-corrected chi connectivity index (χ1v) is 7.48. The second-order valence-electron chi connectivity index (χ2n) is 5.53. The number of hydrogen-bond donors (Lipinski definition) is 2. The summed E-state index contributed by atoms with van der Waals surface area (Å²) < 4.78 is 4.79. The molecule has 122 valence electrons. The van der Waals surface area contributed by atoms with Crippen molar-refractivity contribution in [3.8, 4) is 11.3 Å². The van der Waals surface area contributed by atoms with E-state index in [1.807, 2.05) is 34.9 Å². The number of aromatic amines is 1. The highest BCUT2D eigenvalue weighted by Crippen LogP contribution is 2.24. The van der Waals surface area contributed by atoms with Crippen molar-refractivity contribution in [2.45, 2.75) is 6.54 Å². The van der Waals surface area contributed by atoms with Gasteiger partial charge in [-0.15, -0.1) is 0 Å². The van der Waals surface area contributed by atoms with Crippen molar-refractivity contribution in [2.24, 2.45) is 7.05 Å². The maximum Gasteiger partial charge on any atom is 0.329 e. The molecule has 0 spiro atoms. The average molecular weight is 325 g/mol. The molecule has 0 aliphatic carbocycles. The molecule has 4 aromatic rings. The Labute approximate surface area is 135 Å². The van der Waals surface area contributed by atoms with Gasteiger partial charge in [-0.1, -0.05) is 30.3 Å². The summed E-state index contributed by atoms with van der Waals surface area (Å²) in [5.41, 5.74) is 1.41. The van der Waals surface area contributed by atoms with Crippen LogP contribution in [0.25, 0.3) is 28.2 Å². The molecule has 0 saturated heterocycles. The smallest absolute Gasteiger partial charge is 0.329 e. The maximum absolute atomic E-state index is 12.3. The van der Waals surface area contributed by atoms with Gasteiger partial charge in [-0.25, -0.2) is 4.79 Å². The molecule has 0 atom stereocenters. The van der Waals surface area contributed by atoms with Gasteiger partial charge in [0.05, 0.1) is 12.3 Å². The number of nitrogens with one attached hydrogen (secondary N) is 1. The summed E-state index contributed by atoms with van der Waals surface area (Å²) in [6.45, 7) is 0.262. The van der Waals surface area contributed by atoms with E-state index in [9.17, 15) is 14.7 Å². The van der Waals surface area contributed by atoms with Gasteiger partial charge in [0.1, 0.15) is 0 Å². The molecule has 2 N–H and O–H groups in total. The van der Waals surface area contributed by atoms with Gasteiger partial charge in [0.2, 0.25) is 5.78 Å². The normalized spacial score (nSPS) is 11.6. The van der Waals surface area contributed by atoms with E-state index in [1.54, 1.807) is 17.6 Å². The van der Waals surface area contributed by atoms with Crippen molar-refractivity contribution in [1.29, 1.82) is 0 Å². The fraction of sp³-hybridized carbons (Fsp3) is 0.188. The molecule has 0 saturated carbocycles. The number of imidazole rings is 2. The molecule has 1 aromatic carbocycles. The van der Waals surface area contributed by atoms with Crippen LogP contribution in [0.15, 0.2) is 46.1 Å². The van der Waals surface area contributed by atoms with Gasteiger partial charge in [-0.05, 0) is 5.56 Å². The van der Waals surface area contributed by atoms with E-state index >= 15 is 0 Å². The molecule has 4 rings (SSSR count). The second kappa shape index (κ2) is 5.20. The van der Waals surface area contributed by atoms with Gasteiger partial charge in [0.15, 0.2) is 11.2 Å². The fourth-order valence-corrected chi connectivity index (χ4v) is 2.96. The van der Waals surface area contributed by atoms with Crippen molar-refractivity contribution >= 4 is 16.9 Å². The van der Waals surface area contributed by atoms with Crippen molar-refractivity contribution in [3.05, 3.63) is 57.4 Å². The van der Waals surface area contributed by atoms with Gasteiger partial charge in [-0.3, -0.25) is 18.7 Å². The van der Waals surface area contributed by atoms with Crippen LogP contribution >= 0.6 is 0 Å². The zero-order valence-electron chi connectivity index (χ0n) is 12.9. The Bertz CT molecular complexity index is 1160. The monoisotopic (exact) mass is 325 g/mol. The zero-order valence-corrected chi connectivity index (χ0v) is 12.9. The van der Waals surface area contributed by atoms with Crippen LogP contribution in [0, 0.1) is 0 Å². The molecule has 3 aromatic heterocycles. The van der Waals surface area contributed by atoms with E-state index in [1.165, 1.54) is 4.57 Å². The van der Waals surface area contributed by atoms with E-state index in [0.29, 0.717) is 23.5 Å². The highest BCUT2D eigenvalue weighted by Gasteiger charge is 2.19.